The first-order valence-electron chi connectivity index (χ1n) is 10.6. The summed E-state index contributed by atoms with van der Waals surface area (Å²) in [6.45, 7) is 4.20. The van der Waals surface area contributed by atoms with Crippen LogP contribution in [0.3, 0.4) is 0 Å². The van der Waals surface area contributed by atoms with Gasteiger partial charge in [-0.25, -0.2) is 4.98 Å². The van der Waals surface area contributed by atoms with Gasteiger partial charge in [-0.15, -0.1) is 0 Å². The summed E-state index contributed by atoms with van der Waals surface area (Å²) in [5.41, 5.74) is 7.72. The van der Waals surface area contributed by atoms with Crippen LogP contribution in [-0.4, -0.2) is 37.8 Å². The van der Waals surface area contributed by atoms with Crippen molar-refractivity contribution >= 4 is 21.8 Å². The molecule has 4 heterocycles. The number of piperidine rings is 1. The van der Waals surface area contributed by atoms with E-state index in [9.17, 15) is 0 Å². The molecule has 6 nitrogen and oxygen atoms in total. The van der Waals surface area contributed by atoms with Gasteiger partial charge in [0.05, 0.1) is 28.9 Å². The molecule has 0 saturated carbocycles. The van der Waals surface area contributed by atoms with Crippen LogP contribution in [0.15, 0.2) is 55.0 Å². The molecular weight excluding hydrogens is 372 g/mol. The van der Waals surface area contributed by atoms with Gasteiger partial charge in [0.25, 0.3) is 0 Å². The number of H-pyrrole nitrogens is 2. The molecule has 0 unspecified atom stereocenters. The fourth-order valence-electron chi connectivity index (χ4n) is 4.69. The highest BCUT2D eigenvalue weighted by atomic mass is 15.1. The van der Waals surface area contributed by atoms with E-state index in [4.69, 9.17) is 0 Å². The van der Waals surface area contributed by atoms with Crippen LogP contribution in [0.5, 0.6) is 0 Å². The van der Waals surface area contributed by atoms with Crippen LogP contribution < -0.4 is 5.32 Å². The van der Waals surface area contributed by atoms with Crippen LogP contribution in [0, 0.1) is 6.92 Å². The number of benzene rings is 2. The van der Waals surface area contributed by atoms with Crippen LogP contribution in [0.2, 0.25) is 0 Å². The zero-order chi connectivity index (χ0) is 20.1. The summed E-state index contributed by atoms with van der Waals surface area (Å²) in [5, 5.41) is 13.7. The SMILES string of the molecule is Cc1cn(-c2cccc3[nH]c(-c4n[nH]c5ccc(C6CCNCC6)cc45)cc23)cn1. The van der Waals surface area contributed by atoms with E-state index in [1.165, 1.54) is 23.8 Å². The molecule has 0 radical (unpaired) electrons. The Labute approximate surface area is 174 Å². The summed E-state index contributed by atoms with van der Waals surface area (Å²) < 4.78 is 2.08. The van der Waals surface area contributed by atoms with Gasteiger partial charge >= 0.3 is 0 Å². The number of hydrogen-bond donors (Lipinski definition) is 3. The smallest absolute Gasteiger partial charge is 0.116 e. The molecule has 0 bridgehead atoms. The Balaban J connectivity index is 1.47. The van der Waals surface area contributed by atoms with Gasteiger partial charge in [0.1, 0.15) is 5.69 Å². The van der Waals surface area contributed by atoms with Gasteiger partial charge < -0.3 is 14.9 Å². The van der Waals surface area contributed by atoms with Crippen LogP contribution >= 0.6 is 0 Å². The highest BCUT2D eigenvalue weighted by Gasteiger charge is 2.18. The summed E-state index contributed by atoms with van der Waals surface area (Å²) in [4.78, 5) is 7.96. The average Bonchev–Trinajstić information content (AvgIpc) is 3.51. The lowest BCUT2D eigenvalue weighted by Crippen LogP contribution is -2.26. The molecule has 0 aliphatic carbocycles. The minimum absolute atomic E-state index is 0.622. The number of aromatic amines is 2. The van der Waals surface area contributed by atoms with Crippen LogP contribution in [0.4, 0.5) is 0 Å². The molecule has 6 rings (SSSR count). The lowest BCUT2D eigenvalue weighted by molar-refractivity contribution is 0.460. The molecule has 1 aliphatic rings. The van der Waals surface area contributed by atoms with Crippen molar-refractivity contribution in [3.8, 4) is 17.1 Å². The van der Waals surface area contributed by atoms with E-state index >= 15 is 0 Å². The molecule has 0 spiro atoms. The molecular formula is C24H24N6. The fraction of sp³-hybridized carbons (Fsp3) is 0.250. The van der Waals surface area contributed by atoms with E-state index in [2.05, 4.69) is 78.7 Å². The van der Waals surface area contributed by atoms with Gasteiger partial charge in [0.2, 0.25) is 0 Å². The molecule has 150 valence electrons. The van der Waals surface area contributed by atoms with E-state index in [1.807, 2.05) is 13.3 Å². The van der Waals surface area contributed by atoms with Crippen molar-refractivity contribution in [2.24, 2.45) is 0 Å². The molecule has 0 amide bonds. The number of hydrogen-bond acceptors (Lipinski definition) is 3. The zero-order valence-corrected chi connectivity index (χ0v) is 16.9. The van der Waals surface area contributed by atoms with Gasteiger partial charge in [0, 0.05) is 22.5 Å². The minimum Gasteiger partial charge on any atom is -0.353 e. The summed E-state index contributed by atoms with van der Waals surface area (Å²) in [6.07, 6.45) is 6.31. The van der Waals surface area contributed by atoms with Crippen LogP contribution in [-0.2, 0) is 0 Å². The number of rotatable bonds is 3. The maximum absolute atomic E-state index is 4.67. The average molecular weight is 396 g/mol. The van der Waals surface area contributed by atoms with E-state index in [0.29, 0.717) is 5.92 Å². The fourth-order valence-corrected chi connectivity index (χ4v) is 4.69. The van der Waals surface area contributed by atoms with Crippen LogP contribution in [0.25, 0.3) is 38.9 Å². The molecule has 3 N–H and O–H groups in total. The lowest BCUT2D eigenvalue weighted by Gasteiger charge is -2.23. The first kappa shape index (κ1) is 17.5. The first-order chi connectivity index (χ1) is 14.8. The molecule has 1 aliphatic heterocycles. The van der Waals surface area contributed by atoms with Crippen molar-refractivity contribution < 1.29 is 0 Å². The summed E-state index contributed by atoms with van der Waals surface area (Å²) >= 11 is 0. The quantitative estimate of drug-likeness (QED) is 0.415. The summed E-state index contributed by atoms with van der Waals surface area (Å²) in [5.74, 6) is 0.622. The highest BCUT2D eigenvalue weighted by Crippen LogP contribution is 2.34. The highest BCUT2D eigenvalue weighted by molar-refractivity contribution is 5.98. The van der Waals surface area contributed by atoms with Gasteiger partial charge in [0.15, 0.2) is 0 Å². The monoisotopic (exact) mass is 396 g/mol. The second kappa shape index (κ2) is 6.85. The van der Waals surface area contributed by atoms with E-state index in [1.54, 1.807) is 0 Å². The second-order valence-electron chi connectivity index (χ2n) is 8.25. The lowest BCUT2D eigenvalue weighted by atomic mass is 9.89. The van der Waals surface area contributed by atoms with Crippen molar-refractivity contribution in [3.05, 3.63) is 66.2 Å². The van der Waals surface area contributed by atoms with Crippen molar-refractivity contribution in [2.75, 3.05) is 13.1 Å². The van der Waals surface area contributed by atoms with E-state index in [-0.39, 0.29) is 0 Å². The van der Waals surface area contributed by atoms with Gasteiger partial charge in [-0.3, -0.25) is 5.10 Å². The van der Waals surface area contributed by atoms with Gasteiger partial charge in [-0.05, 0) is 74.7 Å². The molecule has 2 aromatic carbocycles. The Kier molecular flexibility index (Phi) is 3.99. The van der Waals surface area contributed by atoms with Crippen molar-refractivity contribution in [2.45, 2.75) is 25.7 Å². The Morgan fingerprint density at radius 2 is 1.90 bits per heavy atom. The number of imidazole rings is 1. The Morgan fingerprint density at radius 1 is 1.00 bits per heavy atom. The molecule has 1 saturated heterocycles. The summed E-state index contributed by atoms with van der Waals surface area (Å²) in [7, 11) is 0. The topological polar surface area (TPSA) is 74.3 Å². The summed E-state index contributed by atoms with van der Waals surface area (Å²) in [6, 6.07) is 15.3. The molecule has 6 heteroatoms. The second-order valence-corrected chi connectivity index (χ2v) is 8.25. The maximum Gasteiger partial charge on any atom is 0.116 e. The zero-order valence-electron chi connectivity index (χ0n) is 16.9. The van der Waals surface area contributed by atoms with Gasteiger partial charge in [-0.2, -0.15) is 5.10 Å². The number of aryl methyl sites for hydroxylation is 1. The normalized spacial score (nSPS) is 15.4. The Bertz CT molecular complexity index is 1350. The Hall–Kier alpha value is -3.38. The maximum atomic E-state index is 4.67. The molecule has 3 aromatic heterocycles. The Morgan fingerprint density at radius 3 is 2.73 bits per heavy atom. The molecule has 5 aromatic rings. The van der Waals surface area contributed by atoms with E-state index < -0.39 is 0 Å². The first-order valence-corrected chi connectivity index (χ1v) is 10.6. The third kappa shape index (κ3) is 2.83. The minimum atomic E-state index is 0.622. The predicted molar refractivity (Wildman–Crippen MR) is 120 cm³/mol. The van der Waals surface area contributed by atoms with Gasteiger partial charge in [-0.1, -0.05) is 12.1 Å². The number of aromatic nitrogens is 5. The molecule has 1 fully saturated rings. The van der Waals surface area contributed by atoms with Crippen molar-refractivity contribution in [1.82, 2.24) is 30.0 Å². The standard InChI is InChI=1S/C24H24N6/c1-15-13-30(14-26-15)23-4-2-3-20-18(23)12-22(27-20)24-19-11-17(5-6-21(19)28-29-24)16-7-9-25-10-8-16/h2-6,11-14,16,25,27H,7-10H2,1H3,(H,28,29). The number of nitrogens with zero attached hydrogens (tertiary/aromatic N) is 3. The third-order valence-electron chi connectivity index (χ3n) is 6.28. The third-order valence-corrected chi connectivity index (χ3v) is 6.28. The molecule has 30 heavy (non-hydrogen) atoms. The number of nitrogens with one attached hydrogen (secondary N) is 3. The van der Waals surface area contributed by atoms with Crippen molar-refractivity contribution in [1.29, 1.82) is 0 Å². The van der Waals surface area contributed by atoms with E-state index in [0.717, 1.165) is 52.3 Å². The predicted octanol–water partition coefficient (Wildman–Crippen LogP) is 4.67. The molecule has 0 atom stereocenters. The van der Waals surface area contributed by atoms with Crippen molar-refractivity contribution in [3.63, 3.8) is 0 Å². The largest absolute Gasteiger partial charge is 0.353 e. The van der Waals surface area contributed by atoms with Crippen LogP contribution in [0.1, 0.15) is 30.0 Å². The number of fused-ring (bicyclic) bond motifs is 2.